The Morgan fingerprint density at radius 1 is 1.42 bits per heavy atom. The standard InChI is InChI=1S/C12H16F2N2O3/c1-8(2)15(6-3-7-17)12-10(16(18)19)5-4-9(13)11(12)14/h4-5,8,17H,3,6-7H2,1-2H3. The van der Waals surface area contributed by atoms with Crippen LogP contribution in [0.4, 0.5) is 20.2 Å². The summed E-state index contributed by atoms with van der Waals surface area (Å²) in [5, 5.41) is 19.7. The molecule has 0 aromatic heterocycles. The molecular formula is C12H16F2N2O3. The van der Waals surface area contributed by atoms with Gasteiger partial charge in [0.15, 0.2) is 17.3 Å². The molecule has 0 spiro atoms. The number of nitrogens with zero attached hydrogens (tertiary/aromatic N) is 2. The Labute approximate surface area is 109 Å². The molecule has 7 heteroatoms. The van der Waals surface area contributed by atoms with E-state index in [-0.39, 0.29) is 24.9 Å². The number of nitro benzene ring substituents is 1. The minimum Gasteiger partial charge on any atom is -0.396 e. The SMILES string of the molecule is CC(C)N(CCCO)c1c([N+](=O)[O-])ccc(F)c1F. The van der Waals surface area contributed by atoms with Gasteiger partial charge in [-0.3, -0.25) is 10.1 Å². The van der Waals surface area contributed by atoms with E-state index in [0.717, 1.165) is 12.1 Å². The highest BCUT2D eigenvalue weighted by Gasteiger charge is 2.27. The largest absolute Gasteiger partial charge is 0.396 e. The fourth-order valence-corrected chi connectivity index (χ4v) is 1.82. The number of benzene rings is 1. The number of halogens is 2. The molecule has 0 aliphatic heterocycles. The van der Waals surface area contributed by atoms with E-state index < -0.39 is 22.2 Å². The van der Waals surface area contributed by atoms with Crippen LogP contribution < -0.4 is 4.90 Å². The van der Waals surface area contributed by atoms with Crippen molar-refractivity contribution < 1.29 is 18.8 Å². The molecule has 0 saturated carbocycles. The van der Waals surface area contributed by atoms with Crippen molar-refractivity contribution in [2.24, 2.45) is 0 Å². The number of hydrogen-bond donors (Lipinski definition) is 1. The maximum atomic E-state index is 13.9. The minimum absolute atomic E-state index is 0.131. The van der Waals surface area contributed by atoms with Crippen molar-refractivity contribution >= 4 is 11.4 Å². The van der Waals surface area contributed by atoms with E-state index in [2.05, 4.69) is 0 Å². The Morgan fingerprint density at radius 3 is 2.53 bits per heavy atom. The zero-order valence-electron chi connectivity index (χ0n) is 10.8. The Balaban J connectivity index is 3.34. The van der Waals surface area contributed by atoms with Crippen molar-refractivity contribution in [3.63, 3.8) is 0 Å². The third-order valence-electron chi connectivity index (χ3n) is 2.71. The van der Waals surface area contributed by atoms with Gasteiger partial charge in [-0.1, -0.05) is 0 Å². The second-order valence-corrected chi connectivity index (χ2v) is 4.35. The summed E-state index contributed by atoms with van der Waals surface area (Å²) >= 11 is 0. The fraction of sp³-hybridized carbons (Fsp3) is 0.500. The summed E-state index contributed by atoms with van der Waals surface area (Å²) in [4.78, 5) is 11.6. The van der Waals surface area contributed by atoms with Gasteiger partial charge in [0.2, 0.25) is 0 Å². The van der Waals surface area contributed by atoms with Crippen molar-refractivity contribution in [2.45, 2.75) is 26.3 Å². The van der Waals surface area contributed by atoms with E-state index in [4.69, 9.17) is 5.11 Å². The second-order valence-electron chi connectivity index (χ2n) is 4.35. The molecule has 5 nitrogen and oxygen atoms in total. The highest BCUT2D eigenvalue weighted by Crippen LogP contribution is 2.33. The van der Waals surface area contributed by atoms with Gasteiger partial charge < -0.3 is 10.0 Å². The summed E-state index contributed by atoms with van der Waals surface area (Å²) in [6.07, 6.45) is 0.311. The first kappa shape index (κ1) is 15.3. The normalized spacial score (nSPS) is 10.8. The van der Waals surface area contributed by atoms with E-state index in [0.29, 0.717) is 6.42 Å². The van der Waals surface area contributed by atoms with Crippen LogP contribution in [0.15, 0.2) is 12.1 Å². The lowest BCUT2D eigenvalue weighted by atomic mass is 10.1. The third-order valence-corrected chi connectivity index (χ3v) is 2.71. The van der Waals surface area contributed by atoms with Gasteiger partial charge in [0, 0.05) is 25.3 Å². The molecule has 106 valence electrons. The van der Waals surface area contributed by atoms with Gasteiger partial charge in [-0.05, 0) is 26.3 Å². The summed E-state index contributed by atoms with van der Waals surface area (Å²) in [6.45, 7) is 3.50. The zero-order valence-corrected chi connectivity index (χ0v) is 10.8. The van der Waals surface area contributed by atoms with E-state index in [1.54, 1.807) is 13.8 Å². The highest BCUT2D eigenvalue weighted by atomic mass is 19.2. The first-order chi connectivity index (χ1) is 8.90. The second kappa shape index (κ2) is 6.42. The van der Waals surface area contributed by atoms with Crippen LogP contribution in [0.25, 0.3) is 0 Å². The van der Waals surface area contributed by atoms with E-state index in [1.165, 1.54) is 4.90 Å². The molecule has 0 radical (unpaired) electrons. The zero-order chi connectivity index (χ0) is 14.6. The summed E-state index contributed by atoms with van der Waals surface area (Å²) in [5.41, 5.74) is -0.848. The van der Waals surface area contributed by atoms with Crippen molar-refractivity contribution in [2.75, 3.05) is 18.1 Å². The average molecular weight is 274 g/mol. The van der Waals surface area contributed by atoms with E-state index in [9.17, 15) is 18.9 Å². The number of anilines is 1. The van der Waals surface area contributed by atoms with Crippen LogP contribution in [0.2, 0.25) is 0 Å². The monoisotopic (exact) mass is 274 g/mol. The maximum Gasteiger partial charge on any atom is 0.295 e. The fourth-order valence-electron chi connectivity index (χ4n) is 1.82. The average Bonchev–Trinajstić information content (AvgIpc) is 2.33. The molecule has 1 rings (SSSR count). The van der Waals surface area contributed by atoms with Gasteiger partial charge in [-0.25, -0.2) is 8.78 Å². The predicted octanol–water partition coefficient (Wildman–Crippen LogP) is 2.47. The first-order valence-corrected chi connectivity index (χ1v) is 5.90. The smallest absolute Gasteiger partial charge is 0.295 e. The van der Waals surface area contributed by atoms with Gasteiger partial charge >= 0.3 is 0 Å². The van der Waals surface area contributed by atoms with Gasteiger partial charge in [-0.2, -0.15) is 0 Å². The molecule has 0 saturated heterocycles. The van der Waals surface area contributed by atoms with Crippen LogP contribution in [-0.2, 0) is 0 Å². The molecule has 0 unspecified atom stereocenters. The molecule has 0 fully saturated rings. The molecule has 19 heavy (non-hydrogen) atoms. The lowest BCUT2D eigenvalue weighted by molar-refractivity contribution is -0.384. The maximum absolute atomic E-state index is 13.9. The van der Waals surface area contributed by atoms with Gasteiger partial charge in [0.1, 0.15) is 0 Å². The number of rotatable bonds is 6. The molecule has 1 N–H and O–H groups in total. The van der Waals surface area contributed by atoms with Crippen LogP contribution in [0, 0.1) is 21.7 Å². The Hall–Kier alpha value is -1.76. The van der Waals surface area contributed by atoms with Crippen LogP contribution in [0.5, 0.6) is 0 Å². The molecule has 0 atom stereocenters. The molecule has 0 bridgehead atoms. The topological polar surface area (TPSA) is 66.6 Å². The summed E-state index contributed by atoms with van der Waals surface area (Å²) < 4.78 is 27.2. The van der Waals surface area contributed by atoms with Crippen LogP contribution in [0.3, 0.4) is 0 Å². The van der Waals surface area contributed by atoms with Crippen molar-refractivity contribution in [3.05, 3.63) is 33.9 Å². The minimum atomic E-state index is -1.24. The molecule has 0 aliphatic carbocycles. The highest BCUT2D eigenvalue weighted by molar-refractivity contribution is 5.64. The van der Waals surface area contributed by atoms with Crippen molar-refractivity contribution in [3.8, 4) is 0 Å². The Bertz CT molecular complexity index is 467. The number of aliphatic hydroxyl groups is 1. The number of nitro groups is 1. The van der Waals surface area contributed by atoms with Crippen LogP contribution in [-0.4, -0.2) is 29.2 Å². The molecule has 0 aliphatic rings. The number of aliphatic hydroxyl groups excluding tert-OH is 1. The van der Waals surface area contributed by atoms with Gasteiger partial charge in [0.25, 0.3) is 5.69 Å². The summed E-state index contributed by atoms with van der Waals surface area (Å²) in [5.74, 6) is -2.36. The first-order valence-electron chi connectivity index (χ1n) is 5.90. The molecule has 0 heterocycles. The summed E-state index contributed by atoms with van der Waals surface area (Å²) in [6, 6.07) is 1.42. The summed E-state index contributed by atoms with van der Waals surface area (Å²) in [7, 11) is 0. The number of hydrogen-bond acceptors (Lipinski definition) is 4. The predicted molar refractivity (Wildman–Crippen MR) is 67.2 cm³/mol. The van der Waals surface area contributed by atoms with E-state index in [1.807, 2.05) is 0 Å². The quantitative estimate of drug-likeness (QED) is 0.639. The lowest BCUT2D eigenvalue weighted by Gasteiger charge is -2.28. The molecule has 1 aromatic rings. The molecule has 0 amide bonds. The van der Waals surface area contributed by atoms with Crippen molar-refractivity contribution in [1.82, 2.24) is 0 Å². The van der Waals surface area contributed by atoms with Crippen LogP contribution in [0.1, 0.15) is 20.3 Å². The molecule has 1 aromatic carbocycles. The Morgan fingerprint density at radius 2 is 2.05 bits per heavy atom. The van der Waals surface area contributed by atoms with Crippen molar-refractivity contribution in [1.29, 1.82) is 0 Å². The van der Waals surface area contributed by atoms with Crippen LogP contribution >= 0.6 is 0 Å². The lowest BCUT2D eigenvalue weighted by Crippen LogP contribution is -2.33. The van der Waals surface area contributed by atoms with E-state index >= 15 is 0 Å². The molecular weight excluding hydrogens is 258 g/mol. The Kier molecular flexibility index (Phi) is 5.17. The van der Waals surface area contributed by atoms with Gasteiger partial charge in [-0.15, -0.1) is 0 Å². The van der Waals surface area contributed by atoms with Gasteiger partial charge in [0.05, 0.1) is 4.92 Å². The third kappa shape index (κ3) is 3.37.